The lowest BCUT2D eigenvalue weighted by molar-refractivity contribution is -0.167. The number of rotatable bonds is 18. The number of carboxylic acids is 2. The number of fused-ring (bicyclic) bond motifs is 5. The van der Waals surface area contributed by atoms with E-state index in [0.717, 1.165) is 58.3 Å². The number of carbonyl (C=O) groups is 2. The number of unbranched alkanes of at least 4 members (excludes halogenated alkanes) is 1. The van der Waals surface area contributed by atoms with Crippen LogP contribution in [0.15, 0.2) is 0 Å². The van der Waals surface area contributed by atoms with E-state index in [1.165, 1.54) is 58.8 Å². The molecular weight excluding hydrogens is 731 g/mol. The molecule has 0 amide bonds. The second kappa shape index (κ2) is 22.6. The van der Waals surface area contributed by atoms with E-state index in [-0.39, 0.29) is 17.4 Å². The van der Waals surface area contributed by atoms with Crippen LogP contribution in [0.3, 0.4) is 0 Å². The molecule has 10 N–H and O–H groups in total. The molecule has 14 nitrogen and oxygen atoms in total. The van der Waals surface area contributed by atoms with Gasteiger partial charge in [-0.3, -0.25) is 4.55 Å². The minimum atomic E-state index is -4.45. The molecule has 4 fully saturated rings. The summed E-state index contributed by atoms with van der Waals surface area (Å²) < 4.78 is 37.1. The smallest absolute Gasteiger partial charge is 0.397 e. The quantitative estimate of drug-likeness (QED) is 0.0686. The number of nitrogens with two attached hydrogens (primary N) is 1. The summed E-state index contributed by atoms with van der Waals surface area (Å²) in [6.07, 6.45) is 11.3. The molecule has 0 aromatic rings. The molecule has 4 rings (SSSR count). The first-order chi connectivity index (χ1) is 25.6. The van der Waals surface area contributed by atoms with Gasteiger partial charge in [0.25, 0.3) is 0 Å². The van der Waals surface area contributed by atoms with E-state index >= 15 is 0 Å². The molecule has 0 heterocycles. The number of aliphatic hydroxyl groups is 3. The Morgan fingerprint density at radius 1 is 0.818 bits per heavy atom. The van der Waals surface area contributed by atoms with Gasteiger partial charge in [0.15, 0.2) is 0 Å². The first kappa shape index (κ1) is 49.7. The van der Waals surface area contributed by atoms with Crippen molar-refractivity contribution >= 4 is 22.3 Å². The largest absolute Gasteiger partial charge is 0.479 e. The van der Waals surface area contributed by atoms with Crippen LogP contribution >= 0.6 is 0 Å². The summed E-state index contributed by atoms with van der Waals surface area (Å²) >= 11 is 0. The average molecular weight is 808 g/mol. The third-order valence-corrected chi connectivity index (χ3v) is 14.3. The monoisotopic (exact) mass is 808 g/mol. The number of carboxylic acid groups (broad SMARTS) is 2. The molecule has 13 atom stereocenters. The van der Waals surface area contributed by atoms with Gasteiger partial charge in [0.1, 0.15) is 12.2 Å². The molecule has 15 heteroatoms. The van der Waals surface area contributed by atoms with Crippen LogP contribution < -0.4 is 16.4 Å². The van der Waals surface area contributed by atoms with Crippen molar-refractivity contribution in [2.45, 2.75) is 162 Å². The summed E-state index contributed by atoms with van der Waals surface area (Å²) in [5.74, 6) is 0.842. The van der Waals surface area contributed by atoms with Gasteiger partial charge in [0.05, 0.1) is 12.2 Å². The van der Waals surface area contributed by atoms with Crippen LogP contribution in [0.25, 0.3) is 0 Å². The molecule has 4 saturated carbocycles. The zero-order valence-corrected chi connectivity index (χ0v) is 35.5. The molecule has 0 aromatic carbocycles. The van der Waals surface area contributed by atoms with E-state index in [1.807, 2.05) is 13.8 Å². The maximum absolute atomic E-state index is 11.8. The average Bonchev–Trinajstić information content (AvgIpc) is 3.45. The predicted molar refractivity (Wildman–Crippen MR) is 212 cm³/mol. The summed E-state index contributed by atoms with van der Waals surface area (Å²) in [6.45, 7) is 17.7. The van der Waals surface area contributed by atoms with Gasteiger partial charge in [-0.05, 0) is 176 Å². The van der Waals surface area contributed by atoms with Gasteiger partial charge >= 0.3 is 22.3 Å². The third-order valence-electron chi connectivity index (χ3n) is 13.8. The lowest BCUT2D eigenvalue weighted by Crippen LogP contribution is -2.59. The van der Waals surface area contributed by atoms with Crippen LogP contribution in [0.2, 0.25) is 0 Å². The molecule has 0 radical (unpaired) electrons. The molecule has 0 saturated heterocycles. The molecule has 4 aliphatic carbocycles. The van der Waals surface area contributed by atoms with E-state index in [2.05, 4.69) is 31.4 Å². The van der Waals surface area contributed by atoms with Gasteiger partial charge in [-0.15, -0.1) is 0 Å². The van der Waals surface area contributed by atoms with Crippen LogP contribution in [0.1, 0.15) is 132 Å². The Morgan fingerprint density at radius 3 is 1.93 bits per heavy atom. The summed E-state index contributed by atoms with van der Waals surface area (Å²) in [5.41, 5.74) is 6.13. The van der Waals surface area contributed by atoms with E-state index in [9.17, 15) is 27.7 Å². The van der Waals surface area contributed by atoms with Crippen LogP contribution in [0.5, 0.6) is 0 Å². The van der Waals surface area contributed by atoms with Crippen molar-refractivity contribution in [2.75, 3.05) is 26.2 Å². The normalized spacial score (nSPS) is 33.7. The van der Waals surface area contributed by atoms with Gasteiger partial charge in [-0.2, -0.15) is 8.42 Å². The Kier molecular flexibility index (Phi) is 20.5. The van der Waals surface area contributed by atoms with Crippen molar-refractivity contribution in [2.24, 2.45) is 58.0 Å². The molecule has 0 bridgehead atoms. The minimum absolute atomic E-state index is 0.0152. The number of aliphatic carboxylic acids is 2. The van der Waals surface area contributed by atoms with Gasteiger partial charge in [-0.1, -0.05) is 34.6 Å². The summed E-state index contributed by atoms with van der Waals surface area (Å²) in [6, 6.07) is 0.573. The molecular formula is C40H77N3O11S. The van der Waals surface area contributed by atoms with Crippen molar-refractivity contribution in [1.29, 1.82) is 0 Å². The second-order valence-electron chi connectivity index (χ2n) is 17.9. The van der Waals surface area contributed by atoms with E-state index < -0.39 is 40.6 Å². The zero-order chi connectivity index (χ0) is 41.7. The Balaban J connectivity index is 0.000000754. The highest BCUT2D eigenvalue weighted by atomic mass is 32.3. The van der Waals surface area contributed by atoms with Crippen molar-refractivity contribution < 1.29 is 52.3 Å². The van der Waals surface area contributed by atoms with Crippen LogP contribution in [0.4, 0.5) is 0 Å². The van der Waals surface area contributed by atoms with Crippen LogP contribution in [0, 0.1) is 52.3 Å². The standard InChI is InChI=1S/C34H65N3O5S.2C3H6O3/c1-23(2)31(42-43(39,40)41)12-9-24(3)27-10-11-28-32-29(14-16-34(27,28)5)33(4)15-13-26(21-25(33)22-30(32)38)37-20-8-19-36-18-7-6-17-35;2*1-2(4)3(5)6/h23-32,36-38H,6-22,35H2,1-5H3,(H,39,40,41);2*2,4H,1H3,(H,5,6)/t24-,25-,26+,27-,28+,29?,30?,31+,32?,33+,34-;;/m1../s1. The summed E-state index contributed by atoms with van der Waals surface area (Å²) in [5, 5.41) is 50.7. The fourth-order valence-electron chi connectivity index (χ4n) is 10.7. The third kappa shape index (κ3) is 14.7. The van der Waals surface area contributed by atoms with Gasteiger partial charge in [0.2, 0.25) is 0 Å². The first-order valence-electron chi connectivity index (χ1n) is 20.9. The SMILES string of the molecule is CC(C)[C@H](CC[C@@H](C)[C@H]1CC[C@H]2C3C(O)C[C@H]4C[C@@H](NCCCNCCCCN)CC[C@]4(C)C3CC[C@]12C)OS(=O)(=O)O.CC(O)C(=O)O.CC(O)C(=O)O. The number of aliphatic hydroxyl groups excluding tert-OH is 3. The van der Waals surface area contributed by atoms with Crippen LogP contribution in [-0.2, 0) is 24.2 Å². The van der Waals surface area contributed by atoms with Crippen LogP contribution in [-0.4, -0.2) is 107 Å². The second-order valence-corrected chi connectivity index (χ2v) is 19.0. The van der Waals surface area contributed by atoms with Gasteiger partial charge in [0, 0.05) is 6.04 Å². The number of hydrogen-bond donors (Lipinski definition) is 9. The maximum Gasteiger partial charge on any atom is 0.397 e. The predicted octanol–water partition coefficient (Wildman–Crippen LogP) is 4.46. The summed E-state index contributed by atoms with van der Waals surface area (Å²) in [7, 11) is -4.45. The summed E-state index contributed by atoms with van der Waals surface area (Å²) in [4.78, 5) is 18.9. The molecule has 5 unspecified atom stereocenters. The lowest BCUT2D eigenvalue weighted by atomic mass is 9.43. The molecule has 0 aromatic heterocycles. The van der Waals surface area contributed by atoms with Crippen molar-refractivity contribution in [3.05, 3.63) is 0 Å². The van der Waals surface area contributed by atoms with Gasteiger partial charge < -0.3 is 41.9 Å². The number of nitrogens with one attached hydrogen (secondary N) is 2. The Labute approximate surface area is 331 Å². The van der Waals surface area contributed by atoms with E-state index in [1.54, 1.807) is 0 Å². The van der Waals surface area contributed by atoms with E-state index in [0.29, 0.717) is 53.4 Å². The molecule has 55 heavy (non-hydrogen) atoms. The van der Waals surface area contributed by atoms with Crippen molar-refractivity contribution in [3.8, 4) is 0 Å². The molecule has 0 spiro atoms. The van der Waals surface area contributed by atoms with Gasteiger partial charge in [-0.25, -0.2) is 13.8 Å². The Bertz CT molecular complexity index is 1250. The zero-order valence-electron chi connectivity index (χ0n) is 34.7. The highest BCUT2D eigenvalue weighted by Crippen LogP contribution is 2.68. The van der Waals surface area contributed by atoms with Crippen molar-refractivity contribution in [3.63, 3.8) is 0 Å². The topological polar surface area (TPSA) is 249 Å². The minimum Gasteiger partial charge on any atom is -0.479 e. The fourth-order valence-corrected chi connectivity index (χ4v) is 11.3. The molecule has 4 aliphatic rings. The molecule has 324 valence electrons. The lowest BCUT2D eigenvalue weighted by Gasteiger charge is -2.62. The fraction of sp³-hybridized carbons (Fsp3) is 0.950. The Hall–Kier alpha value is -1.43. The highest BCUT2D eigenvalue weighted by molar-refractivity contribution is 7.80. The Morgan fingerprint density at radius 2 is 1.38 bits per heavy atom. The first-order valence-corrected chi connectivity index (χ1v) is 22.2. The molecule has 0 aliphatic heterocycles. The van der Waals surface area contributed by atoms with Crippen molar-refractivity contribution in [1.82, 2.24) is 10.6 Å². The number of hydrogen-bond acceptors (Lipinski definition) is 11. The maximum atomic E-state index is 11.8. The highest BCUT2D eigenvalue weighted by Gasteiger charge is 2.62. The van der Waals surface area contributed by atoms with E-state index in [4.69, 9.17) is 30.3 Å².